The van der Waals surface area contributed by atoms with E-state index < -0.39 is 6.04 Å². The lowest BCUT2D eigenvalue weighted by molar-refractivity contribution is 0.203. The molecule has 0 saturated heterocycles. The number of aliphatic hydroxyl groups is 2. The van der Waals surface area contributed by atoms with E-state index in [1.807, 2.05) is 23.6 Å². The Balaban J connectivity index is 2.04. The van der Waals surface area contributed by atoms with Crippen molar-refractivity contribution in [2.24, 2.45) is 0 Å². The average molecular weight is 363 g/mol. The summed E-state index contributed by atoms with van der Waals surface area (Å²) >= 11 is 6.03. The summed E-state index contributed by atoms with van der Waals surface area (Å²) in [6.07, 6.45) is 1.70. The van der Waals surface area contributed by atoms with Gasteiger partial charge in [0.25, 0.3) is 0 Å². The van der Waals surface area contributed by atoms with Crippen molar-refractivity contribution in [1.82, 2.24) is 19.5 Å². The second-order valence-corrected chi connectivity index (χ2v) is 5.88. The zero-order chi connectivity index (χ0) is 17.8. The highest BCUT2D eigenvalue weighted by Gasteiger charge is 2.15. The predicted molar refractivity (Wildman–Crippen MR) is 97.3 cm³/mol. The number of anilines is 3. The topological polar surface area (TPSA) is 108 Å². The maximum atomic E-state index is 9.27. The molecule has 2 aromatic heterocycles. The summed E-state index contributed by atoms with van der Waals surface area (Å²) < 4.78 is 1.89. The summed E-state index contributed by atoms with van der Waals surface area (Å²) in [7, 11) is 0. The van der Waals surface area contributed by atoms with Gasteiger partial charge >= 0.3 is 0 Å². The van der Waals surface area contributed by atoms with Crippen LogP contribution in [0.25, 0.3) is 11.2 Å². The first-order valence-corrected chi connectivity index (χ1v) is 8.26. The van der Waals surface area contributed by atoms with Gasteiger partial charge in [-0.1, -0.05) is 17.7 Å². The van der Waals surface area contributed by atoms with Crippen LogP contribution in [0.3, 0.4) is 0 Å². The Morgan fingerprint density at radius 3 is 2.72 bits per heavy atom. The van der Waals surface area contributed by atoms with Gasteiger partial charge in [0.2, 0.25) is 5.95 Å². The van der Waals surface area contributed by atoms with Gasteiger partial charge in [0.05, 0.1) is 25.6 Å². The third-order valence-corrected chi connectivity index (χ3v) is 3.90. The molecule has 0 aliphatic rings. The molecule has 4 N–H and O–H groups in total. The van der Waals surface area contributed by atoms with E-state index in [1.54, 1.807) is 18.5 Å². The van der Waals surface area contributed by atoms with Gasteiger partial charge in [-0.3, -0.25) is 0 Å². The summed E-state index contributed by atoms with van der Waals surface area (Å²) in [5.41, 5.74) is 2.04. The number of aromatic nitrogens is 4. The van der Waals surface area contributed by atoms with Gasteiger partial charge in [-0.2, -0.15) is 9.97 Å². The number of nitrogens with zero attached hydrogens (tertiary/aromatic N) is 4. The number of aliphatic hydroxyl groups excluding tert-OH is 2. The fraction of sp³-hybridized carbons (Fsp3) is 0.312. The summed E-state index contributed by atoms with van der Waals surface area (Å²) in [5, 5.41) is 25.3. The first-order valence-electron chi connectivity index (χ1n) is 7.88. The monoisotopic (exact) mass is 362 g/mol. The summed E-state index contributed by atoms with van der Waals surface area (Å²) in [6, 6.07) is 6.72. The zero-order valence-corrected chi connectivity index (χ0v) is 14.4. The molecule has 0 atom stereocenters. The van der Waals surface area contributed by atoms with Crippen molar-refractivity contribution in [3.05, 3.63) is 35.6 Å². The molecule has 0 unspecified atom stereocenters. The third kappa shape index (κ3) is 3.81. The molecule has 0 amide bonds. The molecule has 0 spiro atoms. The number of hydrogen-bond acceptors (Lipinski definition) is 7. The SMILES string of the molecule is CCn1cnc2c(Nc3cccc(Cl)c3)nc(NC(CO)CO)nc21. The molecule has 9 heteroatoms. The molecular weight excluding hydrogens is 344 g/mol. The van der Waals surface area contributed by atoms with Gasteiger partial charge in [0.15, 0.2) is 17.0 Å². The van der Waals surface area contributed by atoms with Gasteiger partial charge < -0.3 is 25.4 Å². The number of imidazole rings is 1. The van der Waals surface area contributed by atoms with Crippen LogP contribution in [0, 0.1) is 0 Å². The highest BCUT2D eigenvalue weighted by Crippen LogP contribution is 2.25. The molecule has 0 saturated carbocycles. The minimum absolute atomic E-state index is 0.234. The van der Waals surface area contributed by atoms with Crippen LogP contribution < -0.4 is 10.6 Å². The Labute approximate surface area is 149 Å². The predicted octanol–water partition coefficient (Wildman–Crippen LogP) is 2.01. The number of benzene rings is 1. The Bertz CT molecular complexity index is 865. The van der Waals surface area contributed by atoms with E-state index in [0.717, 1.165) is 5.69 Å². The number of aryl methyl sites for hydroxylation is 1. The molecule has 25 heavy (non-hydrogen) atoms. The Morgan fingerprint density at radius 2 is 2.04 bits per heavy atom. The Morgan fingerprint density at radius 1 is 1.24 bits per heavy atom. The lowest BCUT2D eigenvalue weighted by Gasteiger charge is -2.15. The summed E-state index contributed by atoms with van der Waals surface area (Å²) in [5.74, 6) is 0.803. The summed E-state index contributed by atoms with van der Waals surface area (Å²) in [6.45, 7) is 2.22. The molecule has 132 valence electrons. The minimum atomic E-state index is -0.547. The molecule has 2 heterocycles. The number of nitrogens with one attached hydrogen (secondary N) is 2. The molecule has 0 aliphatic heterocycles. The summed E-state index contributed by atoms with van der Waals surface area (Å²) in [4.78, 5) is 13.3. The van der Waals surface area contributed by atoms with Crippen molar-refractivity contribution in [3.63, 3.8) is 0 Å². The smallest absolute Gasteiger partial charge is 0.227 e. The van der Waals surface area contributed by atoms with Crippen molar-refractivity contribution in [1.29, 1.82) is 0 Å². The highest BCUT2D eigenvalue weighted by atomic mass is 35.5. The maximum Gasteiger partial charge on any atom is 0.227 e. The zero-order valence-electron chi connectivity index (χ0n) is 13.6. The highest BCUT2D eigenvalue weighted by molar-refractivity contribution is 6.30. The van der Waals surface area contributed by atoms with E-state index in [1.165, 1.54) is 0 Å². The van der Waals surface area contributed by atoms with E-state index >= 15 is 0 Å². The van der Waals surface area contributed by atoms with Crippen molar-refractivity contribution >= 4 is 40.2 Å². The molecule has 0 fully saturated rings. The normalized spacial score (nSPS) is 11.2. The van der Waals surface area contributed by atoms with Crippen LogP contribution in [0.15, 0.2) is 30.6 Å². The standard InChI is InChI=1S/C16H19ClN6O2/c1-2-23-9-18-13-14(19-11-5-3-4-10(17)6-11)21-16(22-15(13)23)20-12(7-24)8-25/h3-6,9,12,24-25H,2,7-8H2,1H3,(H2,19,20,21,22). The van der Waals surface area contributed by atoms with E-state index in [0.29, 0.717) is 34.5 Å². The van der Waals surface area contributed by atoms with Gasteiger partial charge in [-0.05, 0) is 25.1 Å². The largest absolute Gasteiger partial charge is 0.394 e. The number of halogens is 1. The molecule has 3 rings (SSSR count). The molecule has 3 aromatic rings. The lowest BCUT2D eigenvalue weighted by atomic mass is 10.3. The van der Waals surface area contributed by atoms with Gasteiger partial charge in [-0.15, -0.1) is 0 Å². The number of rotatable bonds is 7. The second-order valence-electron chi connectivity index (χ2n) is 5.44. The molecule has 1 aromatic carbocycles. The van der Waals surface area contributed by atoms with Crippen LogP contribution in [0.1, 0.15) is 6.92 Å². The van der Waals surface area contributed by atoms with Crippen molar-refractivity contribution in [2.75, 3.05) is 23.8 Å². The molecule has 0 bridgehead atoms. The van der Waals surface area contributed by atoms with Crippen LogP contribution >= 0.6 is 11.6 Å². The second kappa shape index (κ2) is 7.64. The van der Waals surface area contributed by atoms with E-state index in [2.05, 4.69) is 25.6 Å². The van der Waals surface area contributed by atoms with E-state index in [4.69, 9.17) is 11.6 Å². The van der Waals surface area contributed by atoms with Crippen LogP contribution in [0.5, 0.6) is 0 Å². The fourth-order valence-electron chi connectivity index (χ4n) is 2.36. The Kier molecular flexibility index (Phi) is 5.32. The molecule has 0 radical (unpaired) electrons. The average Bonchev–Trinajstić information content (AvgIpc) is 3.03. The molecule has 0 aliphatic carbocycles. The lowest BCUT2D eigenvalue weighted by Crippen LogP contribution is -2.28. The fourth-order valence-corrected chi connectivity index (χ4v) is 2.55. The molecular formula is C16H19ClN6O2. The van der Waals surface area contributed by atoms with Crippen molar-refractivity contribution in [2.45, 2.75) is 19.5 Å². The third-order valence-electron chi connectivity index (χ3n) is 3.67. The van der Waals surface area contributed by atoms with E-state index in [-0.39, 0.29) is 13.2 Å². The van der Waals surface area contributed by atoms with Gasteiger partial charge in [-0.25, -0.2) is 4.98 Å². The first-order chi connectivity index (χ1) is 12.1. The van der Waals surface area contributed by atoms with E-state index in [9.17, 15) is 10.2 Å². The molecule has 8 nitrogen and oxygen atoms in total. The van der Waals surface area contributed by atoms with Crippen molar-refractivity contribution in [3.8, 4) is 0 Å². The number of hydrogen-bond donors (Lipinski definition) is 4. The first kappa shape index (κ1) is 17.4. The van der Waals surface area contributed by atoms with Crippen LogP contribution in [0.4, 0.5) is 17.5 Å². The van der Waals surface area contributed by atoms with Crippen LogP contribution in [0.2, 0.25) is 5.02 Å². The van der Waals surface area contributed by atoms with Gasteiger partial charge in [0, 0.05) is 17.3 Å². The Hall–Kier alpha value is -2.42. The van der Waals surface area contributed by atoms with Gasteiger partial charge in [0.1, 0.15) is 0 Å². The van der Waals surface area contributed by atoms with Crippen molar-refractivity contribution < 1.29 is 10.2 Å². The minimum Gasteiger partial charge on any atom is -0.394 e. The van der Waals surface area contributed by atoms with Crippen LogP contribution in [-0.4, -0.2) is 49.0 Å². The number of fused-ring (bicyclic) bond motifs is 1. The maximum absolute atomic E-state index is 9.27. The van der Waals surface area contributed by atoms with Crippen LogP contribution in [-0.2, 0) is 6.54 Å². The quantitative estimate of drug-likeness (QED) is 0.509.